The first-order valence-corrected chi connectivity index (χ1v) is 16.4. The van der Waals surface area contributed by atoms with E-state index in [1.165, 1.54) is 54.6 Å². The minimum atomic E-state index is -2.15. The number of carboxylic acid groups (broad SMARTS) is 1. The molecule has 4 aromatic rings. The summed E-state index contributed by atoms with van der Waals surface area (Å²) in [5.74, 6) is -4.00. The van der Waals surface area contributed by atoms with E-state index in [9.17, 15) is 28.9 Å². The Bertz CT molecular complexity index is 1910. The first-order chi connectivity index (χ1) is 24.4. The molecular weight excluding hydrogens is 679 g/mol. The number of hydrogen-bond donors (Lipinski definition) is 4. The molecule has 0 saturated carbocycles. The topological polar surface area (TPSA) is 142 Å². The maximum Gasteiger partial charge on any atom is 1.00 e. The Morgan fingerprint density at radius 1 is 0.788 bits per heavy atom. The second-order valence-electron chi connectivity index (χ2n) is 12.5. The molecule has 9 nitrogen and oxygen atoms in total. The van der Waals surface area contributed by atoms with E-state index in [4.69, 9.17) is 0 Å². The Morgan fingerprint density at radius 2 is 1.29 bits per heavy atom. The number of nitrogens with zero attached hydrogens (tertiary/aromatic N) is 1. The van der Waals surface area contributed by atoms with E-state index in [-0.39, 0.29) is 47.2 Å². The van der Waals surface area contributed by atoms with E-state index in [0.717, 1.165) is 0 Å². The van der Waals surface area contributed by atoms with Crippen LogP contribution in [0, 0.1) is 11.6 Å². The van der Waals surface area contributed by atoms with Gasteiger partial charge in [-0.2, -0.15) is 0 Å². The fourth-order valence-corrected chi connectivity index (χ4v) is 6.56. The molecule has 0 radical (unpaired) electrons. The van der Waals surface area contributed by atoms with Crippen LogP contribution >= 0.6 is 0 Å². The number of para-hydroxylation sites is 1. The molecule has 2 amide bonds. The number of aliphatic carboxylic acids is 1. The van der Waals surface area contributed by atoms with Crippen molar-refractivity contribution in [3.63, 3.8) is 0 Å². The summed E-state index contributed by atoms with van der Waals surface area (Å²) in [5, 5.41) is 37.9. The zero-order chi connectivity index (χ0) is 36.7. The van der Waals surface area contributed by atoms with Crippen LogP contribution in [0.3, 0.4) is 0 Å². The van der Waals surface area contributed by atoms with Gasteiger partial charge >= 0.3 is 29.6 Å². The fourth-order valence-electron chi connectivity index (χ4n) is 6.56. The quantitative estimate of drug-likeness (QED) is 0.0940. The SMILES string of the molecule is CC(C)N1C(C=C[C@@H](O)C[C@@H](O)CC(=O)[O-])C(c2ccc(F)cc2)=C(c2ccccc2)C1(C(=O)Nc1ccccc1)C(=O)Nc1ccc(F)cc1.[Na+]. The molecule has 4 atom stereocenters. The molecule has 4 aromatic carbocycles. The Labute approximate surface area is 323 Å². The molecule has 4 N–H and O–H groups in total. The van der Waals surface area contributed by atoms with Crippen molar-refractivity contribution in [3.8, 4) is 0 Å². The van der Waals surface area contributed by atoms with Crippen LogP contribution in [0.15, 0.2) is 121 Å². The summed E-state index contributed by atoms with van der Waals surface area (Å²) in [6, 6.07) is 26.6. The number of hydrogen-bond acceptors (Lipinski definition) is 7. The van der Waals surface area contributed by atoms with Crippen molar-refractivity contribution >= 4 is 40.3 Å². The van der Waals surface area contributed by atoms with E-state index in [2.05, 4.69) is 10.6 Å². The molecule has 0 saturated heterocycles. The standard InChI is InChI=1S/C40H39F2N3O6.Na/c1-25(2)45-34(22-21-32(46)23-33(47)24-35(48)49)36(26-13-15-28(41)16-14-26)37(27-9-5-3-6-10-27)40(45,38(50)43-30-11-7-4-8-12-30)39(51)44-31-19-17-29(42)18-20-31;/h3-22,25,32-34,46-47H,23-24H2,1-2H3,(H,43,50)(H,44,51)(H,48,49);/q;+1/p-1/t32-,33-,34?,40?;/m1./s1. The van der Waals surface area contributed by atoms with E-state index >= 15 is 9.59 Å². The Morgan fingerprint density at radius 3 is 1.81 bits per heavy atom. The molecule has 5 rings (SSSR count). The van der Waals surface area contributed by atoms with Crippen LogP contribution in [0.4, 0.5) is 20.2 Å². The molecule has 0 bridgehead atoms. The third kappa shape index (κ3) is 8.92. The van der Waals surface area contributed by atoms with Crippen molar-refractivity contribution in [2.45, 2.75) is 56.5 Å². The number of carbonyl (C=O) groups is 3. The average molecular weight is 718 g/mol. The van der Waals surface area contributed by atoms with Crippen molar-refractivity contribution in [3.05, 3.63) is 144 Å². The minimum absolute atomic E-state index is 0. The van der Waals surface area contributed by atoms with Gasteiger partial charge in [-0.15, -0.1) is 0 Å². The van der Waals surface area contributed by atoms with Crippen molar-refractivity contribution < 1.29 is 68.0 Å². The fraction of sp³-hybridized carbons (Fsp3) is 0.225. The summed E-state index contributed by atoms with van der Waals surface area (Å²) >= 11 is 0. The molecule has 0 spiro atoms. The number of amides is 2. The second kappa shape index (κ2) is 17.8. The van der Waals surface area contributed by atoms with E-state index < -0.39 is 65.7 Å². The monoisotopic (exact) mass is 717 g/mol. The van der Waals surface area contributed by atoms with Crippen LogP contribution in [-0.4, -0.2) is 62.7 Å². The number of aliphatic hydroxyl groups is 2. The first kappa shape index (κ1) is 40.3. The molecule has 12 heteroatoms. The average Bonchev–Trinajstić information content (AvgIpc) is 3.41. The molecule has 2 unspecified atom stereocenters. The molecule has 0 aromatic heterocycles. The van der Waals surface area contributed by atoms with Crippen LogP contribution in [-0.2, 0) is 14.4 Å². The summed E-state index contributed by atoms with van der Waals surface area (Å²) < 4.78 is 28.3. The van der Waals surface area contributed by atoms with E-state index in [0.29, 0.717) is 22.4 Å². The van der Waals surface area contributed by atoms with Crippen LogP contribution in [0.1, 0.15) is 37.8 Å². The number of rotatable bonds is 13. The molecule has 1 aliphatic rings. The van der Waals surface area contributed by atoms with Gasteiger partial charge in [-0.25, -0.2) is 8.78 Å². The maximum atomic E-state index is 15.1. The number of anilines is 2. The molecular formula is C40H38F2N3NaO6. The molecule has 1 heterocycles. The largest absolute Gasteiger partial charge is 1.00 e. The maximum absolute atomic E-state index is 15.1. The van der Waals surface area contributed by atoms with Gasteiger partial charge in [0.05, 0.1) is 18.2 Å². The number of aliphatic hydroxyl groups excluding tert-OH is 2. The molecule has 0 aliphatic carbocycles. The summed E-state index contributed by atoms with van der Waals surface area (Å²) in [4.78, 5) is 43.0. The van der Waals surface area contributed by atoms with Gasteiger partial charge in [-0.05, 0) is 79.1 Å². The predicted molar refractivity (Wildman–Crippen MR) is 189 cm³/mol. The van der Waals surface area contributed by atoms with Gasteiger partial charge in [-0.3, -0.25) is 14.5 Å². The zero-order valence-electron chi connectivity index (χ0n) is 29.0. The predicted octanol–water partition coefficient (Wildman–Crippen LogP) is 1.80. The first-order valence-electron chi connectivity index (χ1n) is 16.4. The van der Waals surface area contributed by atoms with Crippen LogP contribution < -0.4 is 45.3 Å². The number of carbonyl (C=O) groups excluding carboxylic acids is 3. The number of carboxylic acids is 1. The van der Waals surface area contributed by atoms with Crippen molar-refractivity contribution in [2.24, 2.45) is 0 Å². The molecule has 1 aliphatic heterocycles. The Hall–Kier alpha value is -4.49. The van der Waals surface area contributed by atoms with Crippen molar-refractivity contribution in [2.75, 3.05) is 10.6 Å². The van der Waals surface area contributed by atoms with Crippen LogP contribution in [0.25, 0.3) is 11.1 Å². The van der Waals surface area contributed by atoms with Crippen molar-refractivity contribution in [1.82, 2.24) is 4.90 Å². The second-order valence-corrected chi connectivity index (χ2v) is 12.5. The van der Waals surface area contributed by atoms with Gasteiger partial charge in [0.1, 0.15) is 11.6 Å². The van der Waals surface area contributed by atoms with Gasteiger partial charge < -0.3 is 30.7 Å². The normalized spacial score (nSPS) is 18.6. The number of benzene rings is 4. The summed E-state index contributed by atoms with van der Waals surface area (Å²) in [7, 11) is 0. The third-order valence-electron chi connectivity index (χ3n) is 8.61. The number of nitrogens with one attached hydrogen (secondary N) is 2. The third-order valence-corrected chi connectivity index (χ3v) is 8.61. The Balaban J connectivity index is 0.00000605. The molecule has 52 heavy (non-hydrogen) atoms. The van der Waals surface area contributed by atoms with Gasteiger partial charge in [0.2, 0.25) is 5.54 Å². The summed E-state index contributed by atoms with van der Waals surface area (Å²) in [6.07, 6.45) is -0.788. The van der Waals surface area contributed by atoms with Gasteiger partial charge in [0.25, 0.3) is 11.8 Å². The zero-order valence-corrected chi connectivity index (χ0v) is 31.0. The van der Waals surface area contributed by atoms with Gasteiger partial charge in [-0.1, -0.05) is 72.8 Å². The van der Waals surface area contributed by atoms with E-state index in [1.807, 2.05) is 0 Å². The van der Waals surface area contributed by atoms with Crippen LogP contribution in [0.5, 0.6) is 0 Å². The minimum Gasteiger partial charge on any atom is -0.550 e. The number of halogens is 2. The van der Waals surface area contributed by atoms with E-state index in [1.54, 1.807) is 85.5 Å². The van der Waals surface area contributed by atoms with Crippen molar-refractivity contribution in [1.29, 1.82) is 0 Å². The Kier molecular flexibility index (Phi) is 13.8. The summed E-state index contributed by atoms with van der Waals surface area (Å²) in [5.41, 5.74) is 0.185. The summed E-state index contributed by atoms with van der Waals surface area (Å²) in [6.45, 7) is 3.60. The molecule has 264 valence electrons. The van der Waals surface area contributed by atoms with Gasteiger partial charge in [0.15, 0.2) is 0 Å². The van der Waals surface area contributed by atoms with Gasteiger partial charge in [0, 0.05) is 41.8 Å². The molecule has 0 fully saturated rings. The smallest absolute Gasteiger partial charge is 0.550 e. The van der Waals surface area contributed by atoms with Crippen LogP contribution in [0.2, 0.25) is 0 Å².